The number of aliphatic imine (C=N–C) groups is 1. The van der Waals surface area contributed by atoms with Crippen LogP contribution in [0.1, 0.15) is 25.3 Å². The van der Waals surface area contributed by atoms with Gasteiger partial charge in [0.1, 0.15) is 25.2 Å². The lowest BCUT2D eigenvalue weighted by Gasteiger charge is -2.21. The van der Waals surface area contributed by atoms with Gasteiger partial charge in [0.25, 0.3) is 5.69 Å². The lowest BCUT2D eigenvalue weighted by atomic mass is 10.1. The van der Waals surface area contributed by atoms with Crippen molar-refractivity contribution < 1.29 is 28.8 Å². The van der Waals surface area contributed by atoms with Gasteiger partial charge in [0.2, 0.25) is 17.7 Å². The van der Waals surface area contributed by atoms with E-state index >= 15 is 0 Å². The maximum absolute atomic E-state index is 12.9. The predicted octanol–water partition coefficient (Wildman–Crippen LogP) is 0.503. The fourth-order valence-electron chi connectivity index (χ4n) is 3.25. The molecule has 214 valence electrons. The molecule has 0 saturated carbocycles. The maximum Gasteiger partial charge on any atom is 0.407 e. The summed E-state index contributed by atoms with van der Waals surface area (Å²) in [5.74, 6) is -2.03. The van der Waals surface area contributed by atoms with E-state index in [1.165, 1.54) is 31.2 Å². The SMILES string of the molecule is C[C@@H](NC(=O)CNC(=O)OCc1ccccc1)C(=O)N[C@@H](CCCN=C(N)N)C(=O)Nc1ccc([N+](=O)[O-])cc1. The third-order valence-electron chi connectivity index (χ3n) is 5.30. The van der Waals surface area contributed by atoms with Crippen molar-refractivity contribution in [2.75, 3.05) is 18.4 Å². The molecule has 8 N–H and O–H groups in total. The van der Waals surface area contributed by atoms with Crippen LogP contribution in [0.2, 0.25) is 0 Å². The molecule has 40 heavy (non-hydrogen) atoms. The van der Waals surface area contributed by atoms with Crippen molar-refractivity contribution >= 4 is 41.1 Å². The van der Waals surface area contributed by atoms with Gasteiger partial charge in [-0.05, 0) is 37.5 Å². The first kappa shape index (κ1) is 31.0. The van der Waals surface area contributed by atoms with Gasteiger partial charge in [-0.25, -0.2) is 4.79 Å². The zero-order valence-electron chi connectivity index (χ0n) is 21.8. The van der Waals surface area contributed by atoms with Crippen LogP contribution in [0.3, 0.4) is 0 Å². The number of carbonyl (C=O) groups is 4. The Bertz CT molecular complexity index is 1200. The Kier molecular flexibility index (Phi) is 12.3. The predicted molar refractivity (Wildman–Crippen MR) is 146 cm³/mol. The van der Waals surface area contributed by atoms with Gasteiger partial charge in [0.15, 0.2) is 5.96 Å². The highest BCUT2D eigenvalue weighted by Gasteiger charge is 2.24. The zero-order valence-corrected chi connectivity index (χ0v) is 21.8. The van der Waals surface area contributed by atoms with E-state index in [1.54, 1.807) is 24.3 Å². The molecule has 2 atom stereocenters. The number of anilines is 1. The lowest BCUT2D eigenvalue weighted by molar-refractivity contribution is -0.384. The number of nitro benzene ring substituents is 1. The van der Waals surface area contributed by atoms with E-state index in [-0.39, 0.29) is 36.9 Å². The molecule has 4 amide bonds. The van der Waals surface area contributed by atoms with Crippen LogP contribution in [0.15, 0.2) is 59.6 Å². The maximum atomic E-state index is 12.9. The summed E-state index contributed by atoms with van der Waals surface area (Å²) in [5.41, 5.74) is 11.5. The summed E-state index contributed by atoms with van der Waals surface area (Å²) in [5, 5.41) is 20.7. The van der Waals surface area contributed by atoms with Crippen molar-refractivity contribution in [2.24, 2.45) is 16.5 Å². The first-order chi connectivity index (χ1) is 19.0. The topological polar surface area (TPSA) is 233 Å². The fraction of sp³-hybridized carbons (Fsp3) is 0.320. The van der Waals surface area contributed by atoms with Crippen molar-refractivity contribution in [1.82, 2.24) is 16.0 Å². The van der Waals surface area contributed by atoms with Crippen LogP contribution in [-0.2, 0) is 25.7 Å². The summed E-state index contributed by atoms with van der Waals surface area (Å²) < 4.78 is 5.03. The van der Waals surface area contributed by atoms with E-state index in [9.17, 15) is 29.3 Å². The van der Waals surface area contributed by atoms with Gasteiger partial charge in [-0.1, -0.05) is 30.3 Å². The van der Waals surface area contributed by atoms with Crippen molar-refractivity contribution in [2.45, 2.75) is 38.5 Å². The minimum absolute atomic E-state index is 0.0274. The van der Waals surface area contributed by atoms with Crippen LogP contribution in [0, 0.1) is 10.1 Å². The molecule has 0 spiro atoms. The summed E-state index contributed by atoms with van der Waals surface area (Å²) in [6, 6.07) is 12.0. The van der Waals surface area contributed by atoms with Gasteiger partial charge in [-0.15, -0.1) is 0 Å². The minimum atomic E-state index is -1.05. The van der Waals surface area contributed by atoms with Gasteiger partial charge in [-0.2, -0.15) is 0 Å². The number of non-ortho nitro benzene ring substituents is 1. The summed E-state index contributed by atoms with van der Waals surface area (Å²) in [4.78, 5) is 63.8. The molecule has 2 rings (SSSR count). The van der Waals surface area contributed by atoms with Crippen LogP contribution in [0.25, 0.3) is 0 Å². The Balaban J connectivity index is 1.89. The number of hydrogen-bond acceptors (Lipinski definition) is 8. The van der Waals surface area contributed by atoms with E-state index < -0.39 is 47.4 Å². The molecule has 15 heteroatoms. The Morgan fingerprint density at radius 2 is 1.68 bits per heavy atom. The molecule has 0 aliphatic heterocycles. The number of nitrogens with zero attached hydrogens (tertiary/aromatic N) is 2. The van der Waals surface area contributed by atoms with E-state index in [4.69, 9.17) is 16.2 Å². The number of hydrogen-bond donors (Lipinski definition) is 6. The number of carbonyl (C=O) groups excluding carboxylic acids is 4. The standard InChI is InChI=1S/C25H32N8O7/c1-16(30-21(34)14-29-25(37)40-15-17-6-3-2-4-7-17)22(35)32-20(8-5-13-28-24(26)27)23(36)31-18-9-11-19(12-10-18)33(38)39/h2-4,6-7,9-12,16,20H,5,8,13-15H2,1H3,(H,29,37)(H,30,34)(H,31,36)(H,32,35)(H4,26,27,28)/t16-,20+/m1/s1. The molecule has 0 bridgehead atoms. The van der Waals surface area contributed by atoms with Crippen LogP contribution >= 0.6 is 0 Å². The summed E-state index contributed by atoms with van der Waals surface area (Å²) in [6.07, 6.45) is -0.317. The molecule has 0 aliphatic carbocycles. The van der Waals surface area contributed by atoms with Crippen molar-refractivity contribution in [3.8, 4) is 0 Å². The highest BCUT2D eigenvalue weighted by Crippen LogP contribution is 2.16. The minimum Gasteiger partial charge on any atom is -0.445 e. The molecule has 0 radical (unpaired) electrons. The number of guanidine groups is 1. The Morgan fingerprint density at radius 1 is 1.00 bits per heavy atom. The molecule has 0 fully saturated rings. The van der Waals surface area contributed by atoms with Crippen molar-refractivity contribution in [1.29, 1.82) is 0 Å². The molecule has 0 aliphatic rings. The second-order valence-corrected chi connectivity index (χ2v) is 8.51. The molecule has 0 saturated heterocycles. The number of amides is 4. The third-order valence-corrected chi connectivity index (χ3v) is 5.30. The number of alkyl carbamates (subject to hydrolysis) is 1. The monoisotopic (exact) mass is 556 g/mol. The Labute approximate surface area is 229 Å². The van der Waals surface area contributed by atoms with E-state index in [1.807, 2.05) is 6.07 Å². The molecule has 2 aromatic carbocycles. The second kappa shape index (κ2) is 15.9. The third kappa shape index (κ3) is 11.5. The number of nitro groups is 1. The van der Waals surface area contributed by atoms with E-state index in [0.717, 1.165) is 5.56 Å². The van der Waals surface area contributed by atoms with Crippen LogP contribution in [0.4, 0.5) is 16.2 Å². The van der Waals surface area contributed by atoms with Crippen LogP contribution in [-0.4, -0.2) is 59.9 Å². The molecular formula is C25H32N8O7. The molecule has 0 unspecified atom stereocenters. The second-order valence-electron chi connectivity index (χ2n) is 8.51. The zero-order chi connectivity index (χ0) is 29.5. The lowest BCUT2D eigenvalue weighted by Crippen LogP contribution is -2.52. The molecule has 0 aromatic heterocycles. The van der Waals surface area contributed by atoms with Crippen molar-refractivity contribution in [3.05, 3.63) is 70.3 Å². The summed E-state index contributed by atoms with van der Waals surface area (Å²) in [7, 11) is 0. The molecule has 2 aromatic rings. The molecular weight excluding hydrogens is 524 g/mol. The first-order valence-electron chi connectivity index (χ1n) is 12.2. The largest absolute Gasteiger partial charge is 0.445 e. The highest BCUT2D eigenvalue weighted by molar-refractivity contribution is 5.98. The van der Waals surface area contributed by atoms with Gasteiger partial charge in [0.05, 0.1) is 4.92 Å². The molecule has 15 nitrogen and oxygen atoms in total. The fourth-order valence-corrected chi connectivity index (χ4v) is 3.25. The average Bonchev–Trinajstić information content (AvgIpc) is 2.92. The van der Waals surface area contributed by atoms with Gasteiger partial charge in [0, 0.05) is 24.4 Å². The number of rotatable bonds is 14. The Hall–Kier alpha value is -5.21. The van der Waals surface area contributed by atoms with Gasteiger partial charge < -0.3 is 37.5 Å². The average molecular weight is 557 g/mol. The number of nitrogens with two attached hydrogens (primary N) is 2. The van der Waals surface area contributed by atoms with Gasteiger partial charge in [-0.3, -0.25) is 29.5 Å². The van der Waals surface area contributed by atoms with E-state index in [0.29, 0.717) is 6.42 Å². The Morgan fingerprint density at radius 3 is 2.30 bits per heavy atom. The van der Waals surface area contributed by atoms with Gasteiger partial charge >= 0.3 is 6.09 Å². The smallest absolute Gasteiger partial charge is 0.407 e. The van der Waals surface area contributed by atoms with Crippen LogP contribution < -0.4 is 32.7 Å². The summed E-state index contributed by atoms with van der Waals surface area (Å²) in [6.45, 7) is 1.21. The summed E-state index contributed by atoms with van der Waals surface area (Å²) >= 11 is 0. The highest BCUT2D eigenvalue weighted by atomic mass is 16.6. The number of nitrogens with one attached hydrogen (secondary N) is 4. The van der Waals surface area contributed by atoms with Crippen molar-refractivity contribution in [3.63, 3.8) is 0 Å². The first-order valence-corrected chi connectivity index (χ1v) is 12.2. The number of ether oxygens (including phenoxy) is 1. The number of benzene rings is 2. The normalized spacial score (nSPS) is 11.7. The van der Waals surface area contributed by atoms with E-state index in [2.05, 4.69) is 26.3 Å². The van der Waals surface area contributed by atoms with Crippen LogP contribution in [0.5, 0.6) is 0 Å². The quantitative estimate of drug-likeness (QED) is 0.0624. The molecule has 0 heterocycles.